The number of benzene rings is 1. The van der Waals surface area contributed by atoms with Crippen molar-refractivity contribution in [2.24, 2.45) is 0 Å². The van der Waals surface area contributed by atoms with Gasteiger partial charge in [-0.15, -0.1) is 0 Å². The Morgan fingerprint density at radius 1 is 1.06 bits per heavy atom. The van der Waals surface area contributed by atoms with Crippen LogP contribution in [0, 0.1) is 20.8 Å². The number of pyridine rings is 1. The quantitative estimate of drug-likeness (QED) is 0.402. The van der Waals surface area contributed by atoms with Gasteiger partial charge in [-0.3, -0.25) is 9.48 Å². The molecule has 0 saturated carbocycles. The van der Waals surface area contributed by atoms with Gasteiger partial charge in [0.1, 0.15) is 6.54 Å². The zero-order valence-electron chi connectivity index (χ0n) is 17.9. The van der Waals surface area contributed by atoms with Gasteiger partial charge in [-0.05, 0) is 60.3 Å². The standard InChI is InChI=1S/C23H25BrN6O/c1-15-5-7-18(8-6-15)19-9-11-26-23-22(19)17(3)28-30(23)14-21(31)25-10-4-12-29-13-20(24)16(2)27-29/h5-9,11,13H,4,10,12,14H2,1-3H3,(H,25,31). The van der Waals surface area contributed by atoms with Crippen LogP contribution in [-0.2, 0) is 17.9 Å². The van der Waals surface area contributed by atoms with Gasteiger partial charge in [0, 0.05) is 30.9 Å². The molecule has 1 amide bonds. The topological polar surface area (TPSA) is 77.6 Å². The van der Waals surface area contributed by atoms with E-state index in [1.807, 2.05) is 30.8 Å². The molecule has 0 spiro atoms. The van der Waals surface area contributed by atoms with Crippen LogP contribution in [0.25, 0.3) is 22.2 Å². The maximum Gasteiger partial charge on any atom is 0.241 e. The number of hydrogen-bond acceptors (Lipinski definition) is 4. The van der Waals surface area contributed by atoms with Crippen LogP contribution < -0.4 is 5.32 Å². The SMILES string of the molecule is Cc1ccc(-c2ccnc3c2c(C)nn3CC(=O)NCCCn2cc(Br)c(C)n2)cc1. The average molecular weight is 481 g/mol. The van der Waals surface area contributed by atoms with Crippen LogP contribution >= 0.6 is 15.9 Å². The Kier molecular flexibility index (Phi) is 6.18. The van der Waals surface area contributed by atoms with Gasteiger partial charge in [-0.2, -0.15) is 10.2 Å². The summed E-state index contributed by atoms with van der Waals surface area (Å²) in [6.07, 6.45) is 4.53. The Morgan fingerprint density at radius 2 is 1.84 bits per heavy atom. The van der Waals surface area contributed by atoms with Gasteiger partial charge in [-0.25, -0.2) is 9.67 Å². The Balaban J connectivity index is 1.43. The number of hydrogen-bond donors (Lipinski definition) is 1. The molecule has 0 aliphatic carbocycles. The molecule has 4 aromatic rings. The highest BCUT2D eigenvalue weighted by Gasteiger charge is 2.15. The van der Waals surface area contributed by atoms with Crippen LogP contribution in [-0.4, -0.2) is 37.0 Å². The van der Waals surface area contributed by atoms with Crippen molar-refractivity contribution in [1.82, 2.24) is 29.9 Å². The normalized spacial score (nSPS) is 11.2. The van der Waals surface area contributed by atoms with Crippen molar-refractivity contribution in [3.8, 4) is 11.1 Å². The summed E-state index contributed by atoms with van der Waals surface area (Å²) in [6.45, 7) is 7.45. The van der Waals surface area contributed by atoms with Crippen molar-refractivity contribution in [3.63, 3.8) is 0 Å². The molecule has 0 aliphatic heterocycles. The van der Waals surface area contributed by atoms with Gasteiger partial charge in [0.25, 0.3) is 0 Å². The molecule has 160 valence electrons. The van der Waals surface area contributed by atoms with E-state index in [9.17, 15) is 4.79 Å². The number of carbonyl (C=O) groups excluding carboxylic acids is 1. The van der Waals surface area contributed by atoms with E-state index < -0.39 is 0 Å². The number of fused-ring (bicyclic) bond motifs is 1. The molecule has 1 N–H and O–H groups in total. The third kappa shape index (κ3) is 4.69. The molecule has 8 heteroatoms. The van der Waals surface area contributed by atoms with Crippen LogP contribution in [0.4, 0.5) is 0 Å². The molecule has 0 radical (unpaired) electrons. The van der Waals surface area contributed by atoms with E-state index in [0.29, 0.717) is 6.54 Å². The van der Waals surface area contributed by atoms with Crippen molar-refractivity contribution in [3.05, 3.63) is 64.1 Å². The Labute approximate surface area is 189 Å². The summed E-state index contributed by atoms with van der Waals surface area (Å²) < 4.78 is 4.56. The van der Waals surface area contributed by atoms with Gasteiger partial charge >= 0.3 is 0 Å². The molecule has 1 aromatic carbocycles. The maximum atomic E-state index is 12.5. The first kappa shape index (κ1) is 21.2. The van der Waals surface area contributed by atoms with E-state index in [-0.39, 0.29) is 12.5 Å². The minimum Gasteiger partial charge on any atom is -0.354 e. The molecule has 0 fully saturated rings. The Hall–Kier alpha value is -3.00. The third-order valence-electron chi connectivity index (χ3n) is 5.24. The number of aromatic nitrogens is 5. The predicted octanol–water partition coefficient (Wildman–Crippen LogP) is 4.19. The van der Waals surface area contributed by atoms with Crippen LogP contribution in [0.3, 0.4) is 0 Å². The molecule has 0 atom stereocenters. The summed E-state index contributed by atoms with van der Waals surface area (Å²) in [5.41, 5.74) is 5.96. The molecule has 0 bridgehead atoms. The van der Waals surface area contributed by atoms with Crippen molar-refractivity contribution in [2.75, 3.05) is 6.54 Å². The van der Waals surface area contributed by atoms with Crippen molar-refractivity contribution in [2.45, 2.75) is 40.3 Å². The van der Waals surface area contributed by atoms with Crippen LogP contribution in [0.1, 0.15) is 23.4 Å². The lowest BCUT2D eigenvalue weighted by Crippen LogP contribution is -2.29. The number of amides is 1. The summed E-state index contributed by atoms with van der Waals surface area (Å²) >= 11 is 3.46. The molecular formula is C23H25BrN6O. The van der Waals surface area contributed by atoms with Crippen LogP contribution in [0.2, 0.25) is 0 Å². The molecule has 3 heterocycles. The summed E-state index contributed by atoms with van der Waals surface area (Å²) in [6, 6.07) is 10.4. The molecular weight excluding hydrogens is 456 g/mol. The highest BCUT2D eigenvalue weighted by Crippen LogP contribution is 2.29. The molecule has 0 aliphatic rings. The van der Waals surface area contributed by atoms with Gasteiger partial charge in [0.2, 0.25) is 5.91 Å². The number of nitrogens with one attached hydrogen (secondary N) is 1. The number of halogens is 1. The van der Waals surface area contributed by atoms with Crippen LogP contribution in [0.5, 0.6) is 0 Å². The molecule has 3 aromatic heterocycles. The van der Waals surface area contributed by atoms with Crippen molar-refractivity contribution < 1.29 is 4.79 Å². The summed E-state index contributed by atoms with van der Waals surface area (Å²) in [5.74, 6) is -0.0789. The zero-order chi connectivity index (χ0) is 22.0. The predicted molar refractivity (Wildman–Crippen MR) is 125 cm³/mol. The van der Waals surface area contributed by atoms with E-state index in [1.54, 1.807) is 10.9 Å². The first-order valence-corrected chi connectivity index (χ1v) is 11.1. The second-order valence-corrected chi connectivity index (χ2v) is 8.55. The molecule has 7 nitrogen and oxygen atoms in total. The molecule has 4 rings (SSSR count). The van der Waals surface area contributed by atoms with Gasteiger partial charge in [0.05, 0.1) is 15.9 Å². The van der Waals surface area contributed by atoms with E-state index in [4.69, 9.17) is 0 Å². The third-order valence-corrected chi connectivity index (χ3v) is 6.02. The summed E-state index contributed by atoms with van der Waals surface area (Å²) in [4.78, 5) is 17.0. The first-order chi connectivity index (χ1) is 14.9. The number of rotatable bonds is 7. The highest BCUT2D eigenvalue weighted by molar-refractivity contribution is 9.10. The monoisotopic (exact) mass is 480 g/mol. The number of nitrogens with zero attached hydrogens (tertiary/aromatic N) is 5. The second-order valence-electron chi connectivity index (χ2n) is 7.70. The first-order valence-electron chi connectivity index (χ1n) is 10.3. The largest absolute Gasteiger partial charge is 0.354 e. The lowest BCUT2D eigenvalue weighted by Gasteiger charge is -2.07. The maximum absolute atomic E-state index is 12.5. The minimum absolute atomic E-state index is 0.0789. The van der Waals surface area contributed by atoms with E-state index >= 15 is 0 Å². The Bertz CT molecular complexity index is 1210. The Morgan fingerprint density at radius 3 is 2.55 bits per heavy atom. The van der Waals surface area contributed by atoms with E-state index in [1.165, 1.54) is 5.56 Å². The fourth-order valence-electron chi connectivity index (χ4n) is 3.63. The van der Waals surface area contributed by atoms with Gasteiger partial charge in [-0.1, -0.05) is 29.8 Å². The fourth-order valence-corrected chi connectivity index (χ4v) is 3.95. The van der Waals surface area contributed by atoms with E-state index in [0.717, 1.165) is 51.0 Å². The molecule has 0 unspecified atom stereocenters. The zero-order valence-corrected chi connectivity index (χ0v) is 19.5. The van der Waals surface area contributed by atoms with Crippen LogP contribution in [0.15, 0.2) is 47.2 Å². The average Bonchev–Trinajstić information content (AvgIpc) is 3.24. The lowest BCUT2D eigenvalue weighted by molar-refractivity contribution is -0.121. The van der Waals surface area contributed by atoms with Crippen molar-refractivity contribution >= 4 is 32.9 Å². The van der Waals surface area contributed by atoms with Gasteiger partial charge in [0.15, 0.2) is 5.65 Å². The van der Waals surface area contributed by atoms with Gasteiger partial charge < -0.3 is 5.32 Å². The highest BCUT2D eigenvalue weighted by atomic mass is 79.9. The van der Waals surface area contributed by atoms with E-state index in [2.05, 4.69) is 67.6 Å². The lowest BCUT2D eigenvalue weighted by atomic mass is 10.0. The summed E-state index contributed by atoms with van der Waals surface area (Å²) in [5, 5.41) is 13.0. The smallest absolute Gasteiger partial charge is 0.241 e. The molecule has 31 heavy (non-hydrogen) atoms. The number of carbonyl (C=O) groups is 1. The second kappa shape index (κ2) is 9.01. The number of aryl methyl sites for hydroxylation is 4. The molecule has 0 saturated heterocycles. The fraction of sp³-hybridized carbons (Fsp3) is 0.304. The van der Waals surface area contributed by atoms with Crippen molar-refractivity contribution in [1.29, 1.82) is 0 Å². The summed E-state index contributed by atoms with van der Waals surface area (Å²) in [7, 11) is 0. The minimum atomic E-state index is -0.0789.